The predicted molar refractivity (Wildman–Crippen MR) is 105 cm³/mol. The molecule has 0 bridgehead atoms. The average Bonchev–Trinajstić information content (AvgIpc) is 2.69. The molecule has 0 radical (unpaired) electrons. The first-order valence-electron chi connectivity index (χ1n) is 9.05. The molecule has 2 rings (SSSR count). The molecule has 6 nitrogen and oxygen atoms in total. The summed E-state index contributed by atoms with van der Waals surface area (Å²) >= 11 is 0. The zero-order valence-electron chi connectivity index (χ0n) is 15.4. The molecule has 0 aromatic heterocycles. The van der Waals surface area contributed by atoms with Crippen molar-refractivity contribution in [3.8, 4) is 0 Å². The standard InChI is InChI=1S/C20H25BN2O4/c1-2-23(20(25)17-11-7-4-8-12-17)14-13-19(24)22-18(21(26)27)15-16-9-5-3-6-10-16/h3-12,18,26-27H,2,13-15H2,1H3,(H,22,24)/t18-/m0/s1. The van der Waals surface area contributed by atoms with Crippen molar-refractivity contribution in [2.45, 2.75) is 25.7 Å². The lowest BCUT2D eigenvalue weighted by Gasteiger charge is -2.22. The van der Waals surface area contributed by atoms with E-state index in [9.17, 15) is 19.6 Å². The topological polar surface area (TPSA) is 89.9 Å². The number of rotatable bonds is 9. The molecule has 2 aromatic rings. The van der Waals surface area contributed by atoms with Gasteiger partial charge in [0.2, 0.25) is 5.91 Å². The molecule has 1 atom stereocenters. The second kappa shape index (κ2) is 10.5. The van der Waals surface area contributed by atoms with Gasteiger partial charge in [0.15, 0.2) is 0 Å². The highest BCUT2D eigenvalue weighted by Gasteiger charge is 2.26. The summed E-state index contributed by atoms with van der Waals surface area (Å²) in [4.78, 5) is 26.3. The Morgan fingerprint density at radius 3 is 2.19 bits per heavy atom. The van der Waals surface area contributed by atoms with Crippen LogP contribution in [0.25, 0.3) is 0 Å². The minimum Gasteiger partial charge on any atom is -0.426 e. The molecule has 0 fully saturated rings. The van der Waals surface area contributed by atoms with Crippen molar-refractivity contribution in [2.75, 3.05) is 13.1 Å². The first kappa shape index (κ1) is 20.7. The molecular formula is C20H25BN2O4. The van der Waals surface area contributed by atoms with Crippen LogP contribution in [0.5, 0.6) is 0 Å². The number of carbonyl (C=O) groups is 2. The molecule has 0 aliphatic carbocycles. The SMILES string of the molecule is CCN(CCC(=O)N[C@@H](Cc1ccccc1)B(O)O)C(=O)c1ccccc1. The average molecular weight is 368 g/mol. The molecule has 0 aliphatic rings. The molecule has 0 saturated heterocycles. The van der Waals surface area contributed by atoms with Gasteiger partial charge in [0.1, 0.15) is 0 Å². The second-order valence-electron chi connectivity index (χ2n) is 6.28. The molecule has 7 heteroatoms. The number of benzene rings is 2. The summed E-state index contributed by atoms with van der Waals surface area (Å²) < 4.78 is 0. The van der Waals surface area contributed by atoms with Crippen molar-refractivity contribution in [3.05, 3.63) is 71.8 Å². The van der Waals surface area contributed by atoms with E-state index in [-0.39, 0.29) is 24.8 Å². The van der Waals surface area contributed by atoms with E-state index in [1.54, 1.807) is 29.2 Å². The van der Waals surface area contributed by atoms with Crippen LogP contribution in [0.1, 0.15) is 29.3 Å². The van der Waals surface area contributed by atoms with E-state index >= 15 is 0 Å². The summed E-state index contributed by atoms with van der Waals surface area (Å²) in [5.41, 5.74) is 1.47. The Morgan fingerprint density at radius 2 is 1.63 bits per heavy atom. The Bertz CT molecular complexity index is 725. The van der Waals surface area contributed by atoms with Gasteiger partial charge in [-0.3, -0.25) is 9.59 Å². The Kier molecular flexibility index (Phi) is 8.04. The molecular weight excluding hydrogens is 343 g/mol. The van der Waals surface area contributed by atoms with Gasteiger partial charge in [-0.25, -0.2) is 0 Å². The van der Waals surface area contributed by atoms with E-state index in [4.69, 9.17) is 0 Å². The third-order valence-electron chi connectivity index (χ3n) is 4.30. The molecule has 0 saturated carbocycles. The van der Waals surface area contributed by atoms with Crippen molar-refractivity contribution >= 4 is 18.9 Å². The normalized spacial score (nSPS) is 11.5. The maximum Gasteiger partial charge on any atom is 0.475 e. The van der Waals surface area contributed by atoms with Gasteiger partial charge in [0, 0.05) is 25.1 Å². The lowest BCUT2D eigenvalue weighted by atomic mass is 9.76. The first-order valence-corrected chi connectivity index (χ1v) is 9.05. The minimum atomic E-state index is -1.66. The van der Waals surface area contributed by atoms with E-state index < -0.39 is 13.1 Å². The van der Waals surface area contributed by atoms with Gasteiger partial charge in [-0.2, -0.15) is 0 Å². The van der Waals surface area contributed by atoms with Gasteiger partial charge in [-0.05, 0) is 31.0 Å². The number of nitrogens with one attached hydrogen (secondary N) is 1. The van der Waals surface area contributed by atoms with E-state index in [0.717, 1.165) is 5.56 Å². The highest BCUT2D eigenvalue weighted by Crippen LogP contribution is 2.07. The first-order chi connectivity index (χ1) is 13.0. The lowest BCUT2D eigenvalue weighted by molar-refractivity contribution is -0.121. The molecule has 0 spiro atoms. The lowest BCUT2D eigenvalue weighted by Crippen LogP contribution is -2.48. The van der Waals surface area contributed by atoms with Crippen LogP contribution in [0.15, 0.2) is 60.7 Å². The number of nitrogens with zero attached hydrogens (tertiary/aromatic N) is 1. The molecule has 0 heterocycles. The fraction of sp³-hybridized carbons (Fsp3) is 0.300. The van der Waals surface area contributed by atoms with E-state index in [2.05, 4.69) is 5.32 Å². The van der Waals surface area contributed by atoms with Crippen LogP contribution in [-0.4, -0.2) is 52.9 Å². The molecule has 2 amide bonds. The van der Waals surface area contributed by atoms with Gasteiger partial charge in [0.25, 0.3) is 5.91 Å². The number of hydrogen-bond acceptors (Lipinski definition) is 4. The quantitative estimate of drug-likeness (QED) is 0.582. The van der Waals surface area contributed by atoms with Crippen LogP contribution in [0.2, 0.25) is 0 Å². The maximum atomic E-state index is 12.5. The molecule has 2 aromatic carbocycles. The largest absolute Gasteiger partial charge is 0.475 e. The third-order valence-corrected chi connectivity index (χ3v) is 4.30. The van der Waals surface area contributed by atoms with Crippen molar-refractivity contribution in [1.82, 2.24) is 10.2 Å². The Morgan fingerprint density at radius 1 is 1.04 bits per heavy atom. The molecule has 0 unspecified atom stereocenters. The van der Waals surface area contributed by atoms with E-state index in [0.29, 0.717) is 18.5 Å². The second-order valence-corrected chi connectivity index (χ2v) is 6.28. The summed E-state index contributed by atoms with van der Waals surface area (Å²) in [6.07, 6.45) is 0.398. The van der Waals surface area contributed by atoms with Crippen LogP contribution in [-0.2, 0) is 11.2 Å². The Hall–Kier alpha value is -2.64. The van der Waals surface area contributed by atoms with Crippen LogP contribution in [0.4, 0.5) is 0 Å². The molecule has 27 heavy (non-hydrogen) atoms. The van der Waals surface area contributed by atoms with Crippen molar-refractivity contribution in [3.63, 3.8) is 0 Å². The summed E-state index contributed by atoms with van der Waals surface area (Å²) in [5, 5.41) is 21.8. The van der Waals surface area contributed by atoms with Crippen molar-refractivity contribution in [1.29, 1.82) is 0 Å². The zero-order valence-corrected chi connectivity index (χ0v) is 15.4. The summed E-state index contributed by atoms with van der Waals surface area (Å²) in [6, 6.07) is 18.2. The van der Waals surface area contributed by atoms with E-state index in [1.807, 2.05) is 43.3 Å². The summed E-state index contributed by atoms with van der Waals surface area (Å²) in [7, 11) is -1.66. The van der Waals surface area contributed by atoms with Crippen molar-refractivity contribution < 1.29 is 19.6 Å². The molecule has 3 N–H and O–H groups in total. The van der Waals surface area contributed by atoms with Crippen LogP contribution in [0.3, 0.4) is 0 Å². The van der Waals surface area contributed by atoms with Crippen LogP contribution >= 0.6 is 0 Å². The highest BCUT2D eigenvalue weighted by atomic mass is 16.4. The number of amides is 2. The minimum absolute atomic E-state index is 0.0877. The van der Waals surface area contributed by atoms with Gasteiger partial charge >= 0.3 is 7.12 Å². The maximum absolute atomic E-state index is 12.5. The smallest absolute Gasteiger partial charge is 0.426 e. The van der Waals surface area contributed by atoms with Gasteiger partial charge in [0.05, 0.1) is 5.94 Å². The van der Waals surface area contributed by atoms with E-state index in [1.165, 1.54) is 0 Å². The fourth-order valence-electron chi connectivity index (χ4n) is 2.78. The summed E-state index contributed by atoms with van der Waals surface area (Å²) in [5.74, 6) is -1.27. The third kappa shape index (κ3) is 6.55. The van der Waals surface area contributed by atoms with Gasteiger partial charge in [-0.15, -0.1) is 0 Å². The van der Waals surface area contributed by atoms with Crippen LogP contribution in [0, 0.1) is 0 Å². The highest BCUT2D eigenvalue weighted by molar-refractivity contribution is 6.43. The van der Waals surface area contributed by atoms with Gasteiger partial charge in [-0.1, -0.05) is 48.5 Å². The monoisotopic (exact) mass is 368 g/mol. The number of carbonyl (C=O) groups excluding carboxylic acids is 2. The Labute approximate surface area is 160 Å². The van der Waals surface area contributed by atoms with Crippen LogP contribution < -0.4 is 5.32 Å². The van der Waals surface area contributed by atoms with Crippen molar-refractivity contribution in [2.24, 2.45) is 0 Å². The zero-order chi connectivity index (χ0) is 19.6. The predicted octanol–water partition coefficient (Wildman–Crippen LogP) is 1.28. The van der Waals surface area contributed by atoms with Gasteiger partial charge < -0.3 is 20.3 Å². The summed E-state index contributed by atoms with van der Waals surface area (Å²) in [6.45, 7) is 2.60. The fourth-order valence-corrected chi connectivity index (χ4v) is 2.78. The molecule has 142 valence electrons. The molecule has 0 aliphatic heterocycles. The Balaban J connectivity index is 1.89. The number of hydrogen-bond donors (Lipinski definition) is 3.